The molecule has 0 aliphatic rings. The summed E-state index contributed by atoms with van der Waals surface area (Å²) in [6.45, 7) is 6.24. The Kier molecular flexibility index (Phi) is 5.48. The molecule has 3 heterocycles. The molecule has 0 aliphatic heterocycles. The fourth-order valence-electron chi connectivity index (χ4n) is 2.88. The number of hydrogen-bond acceptors (Lipinski definition) is 6. The van der Waals surface area contributed by atoms with Crippen LogP contribution in [-0.2, 0) is 19.6 Å². The molecule has 10 heteroatoms. The number of aryl methyl sites for hydroxylation is 2. The Labute approximate surface area is 160 Å². The van der Waals surface area contributed by atoms with Crippen LogP contribution in [0.5, 0.6) is 0 Å². The highest BCUT2D eigenvalue weighted by Gasteiger charge is 2.17. The lowest BCUT2D eigenvalue weighted by Gasteiger charge is -2.11. The lowest BCUT2D eigenvalue weighted by molar-refractivity contribution is 0.0954. The van der Waals surface area contributed by atoms with Crippen LogP contribution in [-0.4, -0.2) is 35.3 Å². The number of nitrogens with zero attached hydrogens (tertiary/aromatic N) is 6. The van der Waals surface area contributed by atoms with Gasteiger partial charge in [0.1, 0.15) is 0 Å². The molecular weight excluding hydrogens is 362 g/mol. The molecule has 0 radical (unpaired) electrons. The van der Waals surface area contributed by atoms with E-state index < -0.39 is 17.2 Å². The predicted molar refractivity (Wildman–Crippen MR) is 104 cm³/mol. The van der Waals surface area contributed by atoms with Crippen LogP contribution in [0.3, 0.4) is 0 Å². The monoisotopic (exact) mass is 383 g/mol. The van der Waals surface area contributed by atoms with Crippen molar-refractivity contribution in [1.29, 1.82) is 0 Å². The Morgan fingerprint density at radius 1 is 1.14 bits per heavy atom. The first-order valence-corrected chi connectivity index (χ1v) is 8.89. The van der Waals surface area contributed by atoms with Gasteiger partial charge in [-0.3, -0.25) is 23.7 Å². The summed E-state index contributed by atoms with van der Waals surface area (Å²) in [6.07, 6.45) is 4.56. The van der Waals surface area contributed by atoms with E-state index in [2.05, 4.69) is 20.5 Å². The Balaban J connectivity index is 1.94. The molecule has 3 aromatic rings. The third kappa shape index (κ3) is 3.48. The lowest BCUT2D eigenvalue weighted by Crippen LogP contribution is -2.42. The standard InChI is InChI=1S/C18H21N7O3/c1-4-23-11-20-15-14(23)17(27)25(18(28)24(15)5-2)10-12(3)21-22-16(26)13-6-8-19-9-7-13/h6-9,11H,4-5,10H2,1-3H3,(H,22,26)/b21-12-. The van der Waals surface area contributed by atoms with E-state index in [1.165, 1.54) is 17.0 Å². The molecule has 0 aliphatic carbocycles. The zero-order chi connectivity index (χ0) is 20.3. The van der Waals surface area contributed by atoms with Crippen LogP contribution in [0.1, 0.15) is 31.1 Å². The second kappa shape index (κ2) is 7.99. The Morgan fingerprint density at radius 2 is 1.86 bits per heavy atom. The van der Waals surface area contributed by atoms with Crippen LogP contribution < -0.4 is 16.7 Å². The van der Waals surface area contributed by atoms with Crippen molar-refractivity contribution in [3.05, 3.63) is 57.3 Å². The molecule has 0 saturated heterocycles. The molecule has 0 atom stereocenters. The first kappa shape index (κ1) is 19.2. The quantitative estimate of drug-likeness (QED) is 0.494. The maximum Gasteiger partial charge on any atom is 0.333 e. The zero-order valence-corrected chi connectivity index (χ0v) is 15.9. The number of hydrazone groups is 1. The SMILES string of the molecule is CCn1cnc2c1c(=O)n(C/C(C)=N\NC(=O)c1ccncc1)c(=O)n2CC. The van der Waals surface area contributed by atoms with Crippen LogP contribution in [0.2, 0.25) is 0 Å². The number of nitrogens with one attached hydrogen (secondary N) is 1. The third-order valence-electron chi connectivity index (χ3n) is 4.32. The van der Waals surface area contributed by atoms with Crippen molar-refractivity contribution in [1.82, 2.24) is 29.1 Å². The largest absolute Gasteiger partial charge is 0.333 e. The van der Waals surface area contributed by atoms with Gasteiger partial charge in [-0.1, -0.05) is 0 Å². The molecule has 146 valence electrons. The van der Waals surface area contributed by atoms with E-state index in [4.69, 9.17) is 0 Å². The van der Waals surface area contributed by atoms with Gasteiger partial charge in [0, 0.05) is 31.0 Å². The number of pyridine rings is 1. The van der Waals surface area contributed by atoms with Crippen molar-refractivity contribution >= 4 is 22.8 Å². The molecule has 3 aromatic heterocycles. The second-order valence-electron chi connectivity index (χ2n) is 6.14. The minimum atomic E-state index is -0.462. The van der Waals surface area contributed by atoms with Crippen LogP contribution in [0.25, 0.3) is 11.2 Å². The van der Waals surface area contributed by atoms with Gasteiger partial charge < -0.3 is 4.57 Å². The van der Waals surface area contributed by atoms with Gasteiger partial charge in [-0.2, -0.15) is 5.10 Å². The summed E-state index contributed by atoms with van der Waals surface area (Å²) in [7, 11) is 0. The minimum Gasteiger partial charge on any atom is -0.325 e. The Morgan fingerprint density at radius 3 is 2.50 bits per heavy atom. The summed E-state index contributed by atoms with van der Waals surface area (Å²) in [5.41, 5.74) is 3.09. The van der Waals surface area contributed by atoms with E-state index in [1.807, 2.05) is 13.8 Å². The van der Waals surface area contributed by atoms with E-state index in [0.717, 1.165) is 4.57 Å². The first-order chi connectivity index (χ1) is 13.5. The summed E-state index contributed by atoms with van der Waals surface area (Å²) in [5.74, 6) is -0.403. The van der Waals surface area contributed by atoms with Gasteiger partial charge in [0.05, 0.1) is 18.6 Å². The number of carbonyl (C=O) groups excluding carboxylic acids is 1. The highest BCUT2D eigenvalue weighted by Crippen LogP contribution is 2.06. The zero-order valence-electron chi connectivity index (χ0n) is 15.9. The van der Waals surface area contributed by atoms with Crippen molar-refractivity contribution in [2.75, 3.05) is 0 Å². The van der Waals surface area contributed by atoms with Crippen molar-refractivity contribution < 1.29 is 4.79 Å². The average Bonchev–Trinajstić information content (AvgIpc) is 3.14. The van der Waals surface area contributed by atoms with Gasteiger partial charge in [0.2, 0.25) is 0 Å². The van der Waals surface area contributed by atoms with Gasteiger partial charge in [0.25, 0.3) is 11.5 Å². The maximum atomic E-state index is 12.9. The molecule has 0 saturated carbocycles. The van der Waals surface area contributed by atoms with E-state index in [0.29, 0.717) is 35.5 Å². The third-order valence-corrected chi connectivity index (χ3v) is 4.32. The van der Waals surface area contributed by atoms with E-state index in [1.54, 1.807) is 30.0 Å². The van der Waals surface area contributed by atoms with Crippen molar-refractivity contribution in [3.8, 4) is 0 Å². The molecule has 0 spiro atoms. The number of amides is 1. The van der Waals surface area contributed by atoms with E-state index in [-0.39, 0.29) is 6.54 Å². The Hall–Kier alpha value is -3.56. The number of hydrogen-bond donors (Lipinski definition) is 1. The highest BCUT2D eigenvalue weighted by molar-refractivity contribution is 5.95. The number of carbonyl (C=O) groups is 1. The summed E-state index contributed by atoms with van der Waals surface area (Å²) < 4.78 is 4.26. The van der Waals surface area contributed by atoms with Crippen LogP contribution in [0, 0.1) is 0 Å². The topological polar surface area (TPSA) is 116 Å². The fourth-order valence-corrected chi connectivity index (χ4v) is 2.88. The summed E-state index contributed by atoms with van der Waals surface area (Å²) in [4.78, 5) is 45.8. The number of imidazole rings is 1. The first-order valence-electron chi connectivity index (χ1n) is 8.89. The summed E-state index contributed by atoms with van der Waals surface area (Å²) in [6, 6.07) is 3.12. The number of fused-ring (bicyclic) bond motifs is 1. The van der Waals surface area contributed by atoms with Gasteiger partial charge >= 0.3 is 5.69 Å². The van der Waals surface area contributed by atoms with Gasteiger partial charge in [-0.25, -0.2) is 15.2 Å². The highest BCUT2D eigenvalue weighted by atomic mass is 16.2. The molecule has 3 rings (SSSR count). The normalized spacial score (nSPS) is 11.8. The van der Waals surface area contributed by atoms with Crippen LogP contribution in [0.4, 0.5) is 0 Å². The van der Waals surface area contributed by atoms with Crippen LogP contribution >= 0.6 is 0 Å². The van der Waals surface area contributed by atoms with Crippen molar-refractivity contribution in [2.24, 2.45) is 5.10 Å². The molecule has 0 fully saturated rings. The second-order valence-corrected chi connectivity index (χ2v) is 6.14. The number of aromatic nitrogens is 5. The molecule has 10 nitrogen and oxygen atoms in total. The van der Waals surface area contributed by atoms with Gasteiger partial charge in [-0.05, 0) is 32.9 Å². The molecule has 1 N–H and O–H groups in total. The Bertz CT molecular complexity index is 1160. The molecule has 0 bridgehead atoms. The number of rotatable bonds is 6. The summed E-state index contributed by atoms with van der Waals surface area (Å²) in [5, 5.41) is 4.01. The smallest absolute Gasteiger partial charge is 0.325 e. The minimum absolute atomic E-state index is 0.0425. The fraction of sp³-hybridized carbons (Fsp3) is 0.333. The van der Waals surface area contributed by atoms with Gasteiger partial charge in [0.15, 0.2) is 11.2 Å². The predicted octanol–water partition coefficient (Wildman–Crippen LogP) is 0.600. The van der Waals surface area contributed by atoms with Crippen molar-refractivity contribution in [2.45, 2.75) is 40.4 Å². The van der Waals surface area contributed by atoms with Crippen molar-refractivity contribution in [3.63, 3.8) is 0 Å². The van der Waals surface area contributed by atoms with E-state index in [9.17, 15) is 14.4 Å². The van der Waals surface area contributed by atoms with E-state index >= 15 is 0 Å². The molecule has 1 amide bonds. The van der Waals surface area contributed by atoms with Gasteiger partial charge in [-0.15, -0.1) is 0 Å². The molecular formula is C18H21N7O3. The lowest BCUT2D eigenvalue weighted by atomic mass is 10.3. The maximum absolute atomic E-state index is 12.9. The van der Waals surface area contributed by atoms with Crippen LogP contribution in [0.15, 0.2) is 45.5 Å². The molecule has 28 heavy (non-hydrogen) atoms. The summed E-state index contributed by atoms with van der Waals surface area (Å²) >= 11 is 0. The average molecular weight is 383 g/mol. The molecule has 0 unspecified atom stereocenters. The molecule has 0 aromatic carbocycles.